The quantitative estimate of drug-likeness (QED) is 0.477. The number of hydrogen-bond donors (Lipinski definition) is 2. The number of aromatic nitrogens is 1. The largest absolute Gasteiger partial charge is 0.496 e. The molecule has 180 valence electrons. The van der Waals surface area contributed by atoms with Gasteiger partial charge in [-0.2, -0.15) is 0 Å². The van der Waals surface area contributed by atoms with Gasteiger partial charge in [0.2, 0.25) is 5.91 Å². The number of amides is 1. The van der Waals surface area contributed by atoms with Gasteiger partial charge < -0.3 is 24.8 Å². The fourth-order valence-electron chi connectivity index (χ4n) is 4.64. The van der Waals surface area contributed by atoms with E-state index in [2.05, 4.69) is 32.8 Å². The molecule has 2 atom stereocenters. The minimum atomic E-state index is 0.0770. The second kappa shape index (κ2) is 11.7. The summed E-state index contributed by atoms with van der Waals surface area (Å²) in [5.41, 5.74) is 3.07. The number of nitrogens with one attached hydrogen (secondary N) is 2. The first-order chi connectivity index (χ1) is 16.6. The molecule has 0 bridgehead atoms. The molecular weight excluding hydrogens is 428 g/mol. The molecule has 0 radical (unpaired) electrons. The monoisotopic (exact) mass is 462 g/mol. The van der Waals surface area contributed by atoms with E-state index in [0.29, 0.717) is 31.3 Å². The smallest absolute Gasteiger partial charge is 0.220 e. The predicted molar refractivity (Wildman–Crippen MR) is 133 cm³/mol. The van der Waals surface area contributed by atoms with Crippen LogP contribution in [0.25, 0.3) is 0 Å². The van der Waals surface area contributed by atoms with Gasteiger partial charge in [0.1, 0.15) is 5.75 Å². The lowest BCUT2D eigenvalue weighted by molar-refractivity contribution is -0.122. The Kier molecular flexibility index (Phi) is 8.20. The van der Waals surface area contributed by atoms with Crippen LogP contribution in [0.4, 0.5) is 5.69 Å². The second-order valence-electron chi connectivity index (χ2n) is 8.99. The van der Waals surface area contributed by atoms with Crippen molar-refractivity contribution in [3.05, 3.63) is 77.7 Å². The van der Waals surface area contributed by atoms with Gasteiger partial charge in [0.05, 0.1) is 19.3 Å². The number of benzene rings is 2. The van der Waals surface area contributed by atoms with Gasteiger partial charge >= 0.3 is 0 Å². The van der Waals surface area contributed by atoms with E-state index in [1.54, 1.807) is 7.11 Å². The van der Waals surface area contributed by atoms with Crippen LogP contribution >= 0.6 is 0 Å². The van der Waals surface area contributed by atoms with Crippen molar-refractivity contribution >= 4 is 11.6 Å². The molecule has 4 rings (SSSR count). The van der Waals surface area contributed by atoms with E-state index in [9.17, 15) is 4.79 Å². The minimum absolute atomic E-state index is 0.0770. The molecule has 1 aromatic heterocycles. The lowest BCUT2D eigenvalue weighted by atomic mass is 9.81. The Balaban J connectivity index is 1.30. The molecule has 3 aromatic rings. The van der Waals surface area contributed by atoms with E-state index in [-0.39, 0.29) is 5.91 Å². The molecule has 1 amide bonds. The van der Waals surface area contributed by atoms with E-state index in [4.69, 9.17) is 9.26 Å². The van der Waals surface area contributed by atoms with Gasteiger partial charge in [-0.15, -0.1) is 0 Å². The van der Waals surface area contributed by atoms with Gasteiger partial charge in [-0.1, -0.05) is 41.6 Å². The van der Waals surface area contributed by atoms with Gasteiger partial charge in [0.15, 0.2) is 5.76 Å². The normalized spacial score (nSPS) is 17.8. The van der Waals surface area contributed by atoms with Crippen molar-refractivity contribution < 1.29 is 14.1 Å². The van der Waals surface area contributed by atoms with E-state index in [1.807, 2.05) is 55.6 Å². The highest BCUT2D eigenvalue weighted by atomic mass is 16.5. The molecule has 1 saturated heterocycles. The van der Waals surface area contributed by atoms with E-state index < -0.39 is 0 Å². The van der Waals surface area contributed by atoms with Crippen molar-refractivity contribution in [2.75, 3.05) is 32.1 Å². The molecule has 1 aliphatic heterocycles. The van der Waals surface area contributed by atoms with Crippen LogP contribution in [0, 0.1) is 11.8 Å². The maximum absolute atomic E-state index is 12.7. The van der Waals surface area contributed by atoms with E-state index >= 15 is 0 Å². The minimum Gasteiger partial charge on any atom is -0.496 e. The summed E-state index contributed by atoms with van der Waals surface area (Å²) in [6, 6.07) is 20.0. The number of piperidine rings is 1. The van der Waals surface area contributed by atoms with Crippen molar-refractivity contribution in [1.29, 1.82) is 0 Å². The highest BCUT2D eigenvalue weighted by Crippen LogP contribution is 2.27. The molecule has 2 heterocycles. The summed E-state index contributed by atoms with van der Waals surface area (Å²) >= 11 is 0. The van der Waals surface area contributed by atoms with Gasteiger partial charge in [-0.25, -0.2) is 0 Å². The van der Waals surface area contributed by atoms with Gasteiger partial charge in [-0.3, -0.25) is 4.79 Å². The van der Waals surface area contributed by atoms with Crippen molar-refractivity contribution in [3.8, 4) is 5.75 Å². The fourth-order valence-corrected chi connectivity index (χ4v) is 4.64. The summed E-state index contributed by atoms with van der Waals surface area (Å²) in [6.45, 7) is 2.96. The number of anilines is 1. The molecule has 0 aliphatic carbocycles. The van der Waals surface area contributed by atoms with Crippen LogP contribution < -0.4 is 20.3 Å². The predicted octanol–water partition coefficient (Wildman–Crippen LogP) is 3.79. The van der Waals surface area contributed by atoms with Crippen LogP contribution in [0.2, 0.25) is 0 Å². The first-order valence-corrected chi connectivity index (χ1v) is 11.9. The Morgan fingerprint density at radius 3 is 2.79 bits per heavy atom. The van der Waals surface area contributed by atoms with Crippen molar-refractivity contribution in [1.82, 2.24) is 15.8 Å². The Bertz CT molecular complexity index is 1050. The van der Waals surface area contributed by atoms with E-state index in [0.717, 1.165) is 54.4 Å². The molecule has 7 heteroatoms. The number of hydrogen-bond acceptors (Lipinski definition) is 6. The third-order valence-corrected chi connectivity index (χ3v) is 6.55. The summed E-state index contributed by atoms with van der Waals surface area (Å²) in [7, 11) is 3.69. The lowest BCUT2D eigenvalue weighted by Gasteiger charge is -2.31. The van der Waals surface area contributed by atoms with Crippen molar-refractivity contribution in [3.63, 3.8) is 0 Å². The number of ether oxygens (including phenoxy) is 1. The van der Waals surface area contributed by atoms with Crippen LogP contribution in [0.3, 0.4) is 0 Å². The maximum atomic E-state index is 12.7. The van der Waals surface area contributed by atoms with Crippen LogP contribution in [0.1, 0.15) is 29.9 Å². The van der Waals surface area contributed by atoms with Crippen LogP contribution in [0.5, 0.6) is 5.75 Å². The van der Waals surface area contributed by atoms with Gasteiger partial charge in [0.25, 0.3) is 0 Å². The zero-order valence-corrected chi connectivity index (χ0v) is 20.0. The first-order valence-electron chi connectivity index (χ1n) is 11.9. The van der Waals surface area contributed by atoms with Crippen LogP contribution in [-0.2, 0) is 24.3 Å². The molecule has 0 spiro atoms. The summed E-state index contributed by atoms with van der Waals surface area (Å²) in [6.07, 6.45) is 2.30. The molecule has 0 unspecified atom stereocenters. The molecular formula is C27H34N4O3. The Labute approximate surface area is 201 Å². The van der Waals surface area contributed by atoms with Crippen LogP contribution in [-0.4, -0.2) is 38.3 Å². The van der Waals surface area contributed by atoms with Crippen LogP contribution in [0.15, 0.2) is 65.2 Å². The molecule has 1 aliphatic rings. The lowest BCUT2D eigenvalue weighted by Crippen LogP contribution is -2.40. The number of carbonyl (C=O) groups excluding carboxylic acids is 1. The molecule has 1 fully saturated rings. The van der Waals surface area contributed by atoms with E-state index in [1.165, 1.54) is 0 Å². The highest BCUT2D eigenvalue weighted by molar-refractivity contribution is 5.76. The summed E-state index contributed by atoms with van der Waals surface area (Å²) in [5.74, 6) is 2.37. The topological polar surface area (TPSA) is 79.6 Å². The second-order valence-corrected chi connectivity index (χ2v) is 8.99. The molecule has 2 aromatic carbocycles. The molecule has 0 saturated carbocycles. The number of para-hydroxylation sites is 2. The average Bonchev–Trinajstić information content (AvgIpc) is 3.31. The summed E-state index contributed by atoms with van der Waals surface area (Å²) in [5, 5.41) is 10.9. The zero-order chi connectivity index (χ0) is 23.8. The third kappa shape index (κ3) is 6.38. The Morgan fingerprint density at radius 1 is 1.18 bits per heavy atom. The first kappa shape index (κ1) is 23.8. The van der Waals surface area contributed by atoms with Crippen molar-refractivity contribution in [2.24, 2.45) is 11.8 Å². The number of nitrogens with zero attached hydrogens (tertiary/aromatic N) is 2. The summed E-state index contributed by atoms with van der Waals surface area (Å²) in [4.78, 5) is 14.9. The number of methoxy groups -OCH3 is 1. The average molecular weight is 463 g/mol. The molecule has 34 heavy (non-hydrogen) atoms. The third-order valence-electron chi connectivity index (χ3n) is 6.55. The maximum Gasteiger partial charge on any atom is 0.220 e. The summed E-state index contributed by atoms with van der Waals surface area (Å²) < 4.78 is 11.0. The standard InChI is InChI=1S/C27H34N4O3/c1-31(24-9-4-3-5-10-24)19-25-16-23(30-34-25)14-22-17-28-13-12-20(22)15-27(32)29-18-21-8-6-7-11-26(21)33-2/h3-11,16,20,22,28H,12-15,17-19H2,1-2H3,(H,29,32)/t20-,22-/m0/s1. The number of carbonyl (C=O) groups is 1. The Hall–Kier alpha value is -3.32. The SMILES string of the molecule is COc1ccccc1CNC(=O)C[C@@H]1CCNC[C@@H]1Cc1cc(CN(C)c2ccccc2)on1. The van der Waals surface area contributed by atoms with Gasteiger partial charge in [-0.05, 0) is 56.0 Å². The molecule has 7 nitrogen and oxygen atoms in total. The van der Waals surface area contributed by atoms with Gasteiger partial charge in [0, 0.05) is 37.3 Å². The zero-order valence-electron chi connectivity index (χ0n) is 20.0. The molecule has 2 N–H and O–H groups in total. The van der Waals surface area contributed by atoms with Crippen molar-refractivity contribution in [2.45, 2.75) is 32.4 Å². The Morgan fingerprint density at radius 2 is 1.97 bits per heavy atom. The highest BCUT2D eigenvalue weighted by Gasteiger charge is 2.28. The fraction of sp³-hybridized carbons (Fsp3) is 0.407. The number of rotatable bonds is 10.